The van der Waals surface area contributed by atoms with Gasteiger partial charge < -0.3 is 10.4 Å². The zero-order valence-corrected chi connectivity index (χ0v) is 9.21. The lowest BCUT2D eigenvalue weighted by Gasteiger charge is -2.33. The average molecular weight is 197 g/mol. The minimum absolute atomic E-state index is 0.330. The molecule has 0 aromatic heterocycles. The highest BCUT2D eigenvalue weighted by Gasteiger charge is 2.34. The molecule has 0 aromatic rings. The number of hydrogen-bond donors (Lipinski definition) is 2. The third kappa shape index (κ3) is 2.12. The molecule has 1 aliphatic heterocycles. The Balaban J connectivity index is 1.88. The SMILES string of the molecule is CC1CCC(C2CCNC2CO)CC1. The molecule has 1 saturated heterocycles. The van der Waals surface area contributed by atoms with Crippen LogP contribution in [0.4, 0.5) is 0 Å². The highest BCUT2D eigenvalue weighted by molar-refractivity contribution is 4.89. The molecular formula is C12H23NO. The lowest BCUT2D eigenvalue weighted by Crippen LogP contribution is -2.35. The van der Waals surface area contributed by atoms with Crippen LogP contribution in [-0.4, -0.2) is 24.3 Å². The lowest BCUT2D eigenvalue weighted by atomic mass is 9.74. The number of hydrogen-bond acceptors (Lipinski definition) is 2. The van der Waals surface area contributed by atoms with E-state index in [9.17, 15) is 5.11 Å². The fourth-order valence-corrected chi connectivity index (χ4v) is 3.27. The van der Waals surface area contributed by atoms with Crippen LogP contribution in [0.3, 0.4) is 0 Å². The van der Waals surface area contributed by atoms with Crippen LogP contribution in [0.25, 0.3) is 0 Å². The smallest absolute Gasteiger partial charge is 0.0587 e. The summed E-state index contributed by atoms with van der Waals surface area (Å²) in [6.45, 7) is 3.81. The van der Waals surface area contributed by atoms with E-state index in [2.05, 4.69) is 12.2 Å². The van der Waals surface area contributed by atoms with E-state index < -0.39 is 0 Å². The Morgan fingerprint density at radius 3 is 2.50 bits per heavy atom. The molecule has 2 aliphatic rings. The van der Waals surface area contributed by atoms with E-state index in [4.69, 9.17) is 0 Å². The summed E-state index contributed by atoms with van der Waals surface area (Å²) in [5, 5.41) is 12.7. The maximum absolute atomic E-state index is 9.26. The van der Waals surface area contributed by atoms with Crippen LogP contribution in [-0.2, 0) is 0 Å². The van der Waals surface area contributed by atoms with Gasteiger partial charge in [-0.3, -0.25) is 0 Å². The summed E-state index contributed by atoms with van der Waals surface area (Å²) in [6, 6.07) is 0.397. The molecule has 0 spiro atoms. The van der Waals surface area contributed by atoms with Crippen LogP contribution in [0.15, 0.2) is 0 Å². The minimum Gasteiger partial charge on any atom is -0.395 e. The third-order valence-corrected chi connectivity index (χ3v) is 4.26. The molecule has 0 bridgehead atoms. The molecule has 2 N–H and O–H groups in total. The van der Waals surface area contributed by atoms with Gasteiger partial charge in [0, 0.05) is 6.04 Å². The van der Waals surface area contributed by atoms with E-state index in [1.165, 1.54) is 32.1 Å². The van der Waals surface area contributed by atoms with Gasteiger partial charge in [0.05, 0.1) is 6.61 Å². The molecule has 0 amide bonds. The van der Waals surface area contributed by atoms with Gasteiger partial charge in [-0.25, -0.2) is 0 Å². The molecule has 2 unspecified atom stereocenters. The summed E-state index contributed by atoms with van der Waals surface area (Å²) in [6.07, 6.45) is 6.87. The average Bonchev–Trinajstić information content (AvgIpc) is 2.67. The number of aliphatic hydroxyl groups excluding tert-OH is 1. The Morgan fingerprint density at radius 2 is 1.86 bits per heavy atom. The Bertz CT molecular complexity index is 175. The fraction of sp³-hybridized carbons (Fsp3) is 1.00. The topological polar surface area (TPSA) is 32.3 Å². The molecule has 1 heterocycles. The van der Waals surface area contributed by atoms with Crippen molar-refractivity contribution in [3.05, 3.63) is 0 Å². The van der Waals surface area contributed by atoms with Crippen LogP contribution < -0.4 is 5.32 Å². The second-order valence-electron chi connectivity index (χ2n) is 5.22. The van der Waals surface area contributed by atoms with Crippen molar-refractivity contribution in [2.75, 3.05) is 13.2 Å². The van der Waals surface area contributed by atoms with E-state index >= 15 is 0 Å². The first-order chi connectivity index (χ1) is 6.81. The van der Waals surface area contributed by atoms with Crippen molar-refractivity contribution in [1.29, 1.82) is 0 Å². The van der Waals surface area contributed by atoms with Gasteiger partial charge in [0.15, 0.2) is 0 Å². The molecule has 82 valence electrons. The molecule has 0 radical (unpaired) electrons. The van der Waals surface area contributed by atoms with Gasteiger partial charge in [0.2, 0.25) is 0 Å². The second-order valence-corrected chi connectivity index (χ2v) is 5.22. The number of nitrogens with one attached hydrogen (secondary N) is 1. The summed E-state index contributed by atoms with van der Waals surface area (Å²) < 4.78 is 0. The number of rotatable bonds is 2. The van der Waals surface area contributed by atoms with Gasteiger partial charge in [-0.05, 0) is 43.6 Å². The molecule has 2 nitrogen and oxygen atoms in total. The zero-order valence-electron chi connectivity index (χ0n) is 9.21. The fourth-order valence-electron chi connectivity index (χ4n) is 3.27. The van der Waals surface area contributed by atoms with Crippen LogP contribution in [0, 0.1) is 17.8 Å². The van der Waals surface area contributed by atoms with Gasteiger partial charge in [0.1, 0.15) is 0 Å². The zero-order chi connectivity index (χ0) is 9.97. The van der Waals surface area contributed by atoms with Crippen molar-refractivity contribution in [1.82, 2.24) is 5.32 Å². The third-order valence-electron chi connectivity index (χ3n) is 4.26. The first-order valence-electron chi connectivity index (χ1n) is 6.15. The van der Waals surface area contributed by atoms with Crippen LogP contribution in [0.1, 0.15) is 39.0 Å². The lowest BCUT2D eigenvalue weighted by molar-refractivity contribution is 0.155. The van der Waals surface area contributed by atoms with E-state index in [1.54, 1.807) is 0 Å². The molecule has 2 fully saturated rings. The van der Waals surface area contributed by atoms with Crippen LogP contribution in [0.2, 0.25) is 0 Å². The van der Waals surface area contributed by atoms with Crippen molar-refractivity contribution in [3.8, 4) is 0 Å². The maximum Gasteiger partial charge on any atom is 0.0587 e. The largest absolute Gasteiger partial charge is 0.395 e. The van der Waals surface area contributed by atoms with E-state index in [1.807, 2.05) is 0 Å². The number of aliphatic hydroxyl groups is 1. The summed E-state index contributed by atoms with van der Waals surface area (Å²) in [7, 11) is 0. The normalized spacial score (nSPS) is 44.1. The quantitative estimate of drug-likeness (QED) is 0.707. The molecule has 1 aliphatic carbocycles. The molecule has 14 heavy (non-hydrogen) atoms. The van der Waals surface area contributed by atoms with Gasteiger partial charge in [-0.2, -0.15) is 0 Å². The first kappa shape index (κ1) is 10.4. The van der Waals surface area contributed by atoms with Crippen molar-refractivity contribution >= 4 is 0 Å². The van der Waals surface area contributed by atoms with Gasteiger partial charge >= 0.3 is 0 Å². The Labute approximate surface area is 87.1 Å². The Hall–Kier alpha value is -0.0800. The molecule has 1 saturated carbocycles. The van der Waals surface area contributed by atoms with E-state index in [-0.39, 0.29) is 0 Å². The highest BCUT2D eigenvalue weighted by atomic mass is 16.3. The van der Waals surface area contributed by atoms with Crippen LogP contribution >= 0.6 is 0 Å². The molecule has 2 atom stereocenters. The summed E-state index contributed by atoms with van der Waals surface area (Å²) in [5.41, 5.74) is 0. The summed E-state index contributed by atoms with van der Waals surface area (Å²) in [5.74, 6) is 2.58. The van der Waals surface area contributed by atoms with Gasteiger partial charge in [-0.1, -0.05) is 19.8 Å². The molecule has 2 heteroatoms. The monoisotopic (exact) mass is 197 g/mol. The van der Waals surface area contributed by atoms with Crippen molar-refractivity contribution in [2.45, 2.75) is 45.1 Å². The van der Waals surface area contributed by atoms with E-state index in [0.29, 0.717) is 12.6 Å². The Morgan fingerprint density at radius 1 is 1.14 bits per heavy atom. The predicted octanol–water partition coefficient (Wildman–Crippen LogP) is 1.78. The summed E-state index contributed by atoms with van der Waals surface area (Å²) in [4.78, 5) is 0. The van der Waals surface area contributed by atoms with Crippen molar-refractivity contribution in [3.63, 3.8) is 0 Å². The molecule has 2 rings (SSSR count). The predicted molar refractivity (Wildman–Crippen MR) is 58.1 cm³/mol. The minimum atomic E-state index is 0.330. The molecular weight excluding hydrogens is 174 g/mol. The summed E-state index contributed by atoms with van der Waals surface area (Å²) >= 11 is 0. The van der Waals surface area contributed by atoms with E-state index in [0.717, 1.165) is 24.3 Å². The van der Waals surface area contributed by atoms with Gasteiger partial charge in [-0.15, -0.1) is 0 Å². The standard InChI is InChI=1S/C12H23NO/c1-9-2-4-10(5-3-9)11-6-7-13-12(11)8-14/h9-14H,2-8H2,1H3. The first-order valence-corrected chi connectivity index (χ1v) is 6.15. The highest BCUT2D eigenvalue weighted by Crippen LogP contribution is 2.37. The maximum atomic E-state index is 9.26. The Kier molecular flexibility index (Phi) is 3.45. The molecule has 0 aromatic carbocycles. The van der Waals surface area contributed by atoms with Crippen molar-refractivity contribution in [2.24, 2.45) is 17.8 Å². The second kappa shape index (κ2) is 4.63. The van der Waals surface area contributed by atoms with Gasteiger partial charge in [0.25, 0.3) is 0 Å². The van der Waals surface area contributed by atoms with Crippen molar-refractivity contribution < 1.29 is 5.11 Å². The van der Waals surface area contributed by atoms with Crippen LogP contribution in [0.5, 0.6) is 0 Å².